The number of hydrogen-bond donors (Lipinski definition) is 2. The van der Waals surface area contributed by atoms with Gasteiger partial charge in [-0.2, -0.15) is 0 Å². The van der Waals surface area contributed by atoms with Gasteiger partial charge in [-0.1, -0.05) is 91.6 Å². The highest BCUT2D eigenvalue weighted by atomic mass is 16.5. The third kappa shape index (κ3) is 8.84. The van der Waals surface area contributed by atoms with Crippen LogP contribution < -0.4 is 20.1 Å². The monoisotopic (exact) mass is 558 g/mol. The summed E-state index contributed by atoms with van der Waals surface area (Å²) in [6.07, 6.45) is 2.28. The van der Waals surface area contributed by atoms with Crippen molar-refractivity contribution in [1.82, 2.24) is 10.6 Å². The Labute approximate surface area is 245 Å². The molecule has 0 aliphatic rings. The Bertz CT molecular complexity index is 1230. The molecule has 3 rings (SSSR count). The number of methoxy groups -OCH3 is 1. The van der Waals surface area contributed by atoms with Gasteiger partial charge in [0.2, 0.25) is 0 Å². The Balaban J connectivity index is 1.91. The van der Waals surface area contributed by atoms with Crippen molar-refractivity contribution in [2.75, 3.05) is 13.7 Å². The van der Waals surface area contributed by atoms with Crippen LogP contribution in [-0.4, -0.2) is 25.5 Å². The molecule has 0 aliphatic carbocycles. The fourth-order valence-corrected chi connectivity index (χ4v) is 4.39. The van der Waals surface area contributed by atoms with Gasteiger partial charge in [0, 0.05) is 11.1 Å². The molecule has 2 N–H and O–H groups in total. The largest absolute Gasteiger partial charge is 0.493 e. The van der Waals surface area contributed by atoms with Gasteiger partial charge >= 0.3 is 0 Å². The molecule has 220 valence electrons. The van der Waals surface area contributed by atoms with Crippen LogP contribution in [0.5, 0.6) is 11.5 Å². The molecule has 0 atom stereocenters. The summed E-state index contributed by atoms with van der Waals surface area (Å²) in [5, 5.41) is 6.04. The molecular weight excluding hydrogens is 512 g/mol. The summed E-state index contributed by atoms with van der Waals surface area (Å²) in [6.45, 7) is 15.5. The van der Waals surface area contributed by atoms with Gasteiger partial charge in [0.15, 0.2) is 11.5 Å². The molecule has 0 radical (unpaired) electrons. The number of hydrogen-bond acceptors (Lipinski definition) is 4. The van der Waals surface area contributed by atoms with E-state index >= 15 is 0 Å². The van der Waals surface area contributed by atoms with Crippen molar-refractivity contribution in [2.24, 2.45) is 0 Å². The fourth-order valence-electron chi connectivity index (χ4n) is 4.39. The minimum atomic E-state index is -0.802. The first-order valence-corrected chi connectivity index (χ1v) is 14.5. The van der Waals surface area contributed by atoms with E-state index in [2.05, 4.69) is 59.1 Å². The minimum Gasteiger partial charge on any atom is -0.493 e. The molecule has 0 unspecified atom stereocenters. The zero-order chi connectivity index (χ0) is 30.2. The van der Waals surface area contributed by atoms with Crippen LogP contribution >= 0.6 is 0 Å². The van der Waals surface area contributed by atoms with E-state index in [0.717, 1.165) is 30.4 Å². The summed E-state index contributed by atoms with van der Waals surface area (Å²) in [5.74, 6) is 0.580. The van der Waals surface area contributed by atoms with E-state index in [-0.39, 0.29) is 22.6 Å². The van der Waals surface area contributed by atoms with E-state index in [1.165, 1.54) is 0 Å². The van der Waals surface area contributed by atoms with Gasteiger partial charge in [0.25, 0.3) is 11.8 Å². The second-order valence-electron chi connectivity index (χ2n) is 12.5. The number of benzene rings is 3. The summed E-state index contributed by atoms with van der Waals surface area (Å²) in [4.78, 5) is 26.8. The lowest BCUT2D eigenvalue weighted by atomic mass is 9.86. The van der Waals surface area contributed by atoms with E-state index in [1.54, 1.807) is 13.2 Å². The van der Waals surface area contributed by atoms with Gasteiger partial charge in [-0.3, -0.25) is 9.59 Å². The van der Waals surface area contributed by atoms with Crippen LogP contribution in [0.3, 0.4) is 0 Å². The maximum absolute atomic E-state index is 13.4. The minimum absolute atomic E-state index is 0.0231. The van der Waals surface area contributed by atoms with Gasteiger partial charge in [0.05, 0.1) is 13.7 Å². The van der Waals surface area contributed by atoms with Crippen molar-refractivity contribution in [1.29, 1.82) is 0 Å². The molecule has 41 heavy (non-hydrogen) atoms. The Morgan fingerprint density at radius 2 is 1.20 bits per heavy atom. The number of carbonyl (C=O) groups excluding carboxylic acids is 2. The molecule has 2 amide bonds. The third-order valence-electron chi connectivity index (χ3n) is 7.10. The standard InChI is InChI=1S/C35H46N2O4/c1-9-10-11-22-41-30-23-26(16-21-29(30)40-8)31(36-32(38)24-12-17-27(18-13-24)34(2,3)4)37-33(39)25-14-19-28(20-15-25)35(5,6)7/h12-21,23,31H,9-11,22H2,1-8H3,(H,36,38)(H,37,39). The van der Waals surface area contributed by atoms with Gasteiger partial charge in [0.1, 0.15) is 6.17 Å². The van der Waals surface area contributed by atoms with Crippen LogP contribution in [0.15, 0.2) is 66.7 Å². The van der Waals surface area contributed by atoms with Crippen molar-refractivity contribution < 1.29 is 19.1 Å². The normalized spacial score (nSPS) is 11.7. The SMILES string of the molecule is CCCCCOc1cc(C(NC(=O)c2ccc(C(C)(C)C)cc2)NC(=O)c2ccc(C(C)(C)C)cc2)ccc1OC. The smallest absolute Gasteiger partial charge is 0.253 e. The summed E-state index contributed by atoms with van der Waals surface area (Å²) >= 11 is 0. The fraction of sp³-hybridized carbons (Fsp3) is 0.429. The average molecular weight is 559 g/mol. The molecule has 0 saturated heterocycles. The maximum Gasteiger partial charge on any atom is 0.253 e. The first-order chi connectivity index (χ1) is 19.3. The Hall–Kier alpha value is -3.80. The van der Waals surface area contributed by atoms with E-state index in [4.69, 9.17) is 9.47 Å². The Morgan fingerprint density at radius 1 is 0.707 bits per heavy atom. The summed E-state index contributed by atoms with van der Waals surface area (Å²) in [5.41, 5.74) is 3.92. The van der Waals surface area contributed by atoms with Crippen LogP contribution in [0.25, 0.3) is 0 Å². The highest BCUT2D eigenvalue weighted by Crippen LogP contribution is 2.31. The lowest BCUT2D eigenvalue weighted by Gasteiger charge is -2.23. The molecule has 6 nitrogen and oxygen atoms in total. The molecule has 0 aromatic heterocycles. The van der Waals surface area contributed by atoms with E-state index in [0.29, 0.717) is 34.8 Å². The lowest BCUT2D eigenvalue weighted by Crippen LogP contribution is -2.41. The summed E-state index contributed by atoms with van der Waals surface area (Å²) in [6, 6.07) is 20.6. The third-order valence-corrected chi connectivity index (χ3v) is 7.10. The second kappa shape index (κ2) is 13.7. The molecular formula is C35H46N2O4. The Kier molecular flexibility index (Phi) is 10.6. The molecule has 0 saturated carbocycles. The molecule has 0 bridgehead atoms. The number of carbonyl (C=O) groups is 2. The lowest BCUT2D eigenvalue weighted by molar-refractivity contribution is 0.0883. The highest BCUT2D eigenvalue weighted by Gasteiger charge is 2.22. The van der Waals surface area contributed by atoms with Gasteiger partial charge in [-0.05, 0) is 70.3 Å². The molecule has 0 fully saturated rings. The highest BCUT2D eigenvalue weighted by molar-refractivity contribution is 5.97. The number of unbranched alkanes of at least 4 members (excludes halogenated alkanes) is 2. The number of ether oxygens (including phenoxy) is 2. The zero-order valence-corrected chi connectivity index (χ0v) is 25.9. The van der Waals surface area contributed by atoms with Crippen LogP contribution in [0.2, 0.25) is 0 Å². The van der Waals surface area contributed by atoms with Crippen molar-refractivity contribution in [3.05, 3.63) is 94.5 Å². The Morgan fingerprint density at radius 3 is 1.61 bits per heavy atom. The summed E-state index contributed by atoms with van der Waals surface area (Å²) in [7, 11) is 1.59. The first kappa shape index (κ1) is 31.7. The predicted octanol–water partition coefficient (Wildman–Crippen LogP) is 7.72. The van der Waals surface area contributed by atoms with Crippen molar-refractivity contribution in [2.45, 2.75) is 84.7 Å². The van der Waals surface area contributed by atoms with Crippen molar-refractivity contribution in [3.8, 4) is 11.5 Å². The van der Waals surface area contributed by atoms with E-state index in [9.17, 15) is 9.59 Å². The first-order valence-electron chi connectivity index (χ1n) is 14.5. The van der Waals surface area contributed by atoms with Crippen molar-refractivity contribution in [3.63, 3.8) is 0 Å². The van der Waals surface area contributed by atoms with Crippen LogP contribution in [0.4, 0.5) is 0 Å². The molecule has 3 aromatic carbocycles. The number of rotatable bonds is 11. The topological polar surface area (TPSA) is 76.7 Å². The zero-order valence-electron chi connectivity index (χ0n) is 25.9. The molecule has 0 aliphatic heterocycles. The maximum atomic E-state index is 13.4. The van der Waals surface area contributed by atoms with Crippen LogP contribution in [0.1, 0.15) is 111 Å². The molecule has 0 spiro atoms. The number of amides is 2. The average Bonchev–Trinajstić information content (AvgIpc) is 2.94. The predicted molar refractivity (Wildman–Crippen MR) is 166 cm³/mol. The molecule has 0 heterocycles. The van der Waals surface area contributed by atoms with Gasteiger partial charge in [-0.25, -0.2) is 0 Å². The van der Waals surface area contributed by atoms with Gasteiger partial charge < -0.3 is 20.1 Å². The van der Waals surface area contributed by atoms with Crippen LogP contribution in [-0.2, 0) is 10.8 Å². The molecule has 6 heteroatoms. The molecule has 3 aromatic rings. The second-order valence-corrected chi connectivity index (χ2v) is 12.5. The number of nitrogens with one attached hydrogen (secondary N) is 2. The van der Waals surface area contributed by atoms with E-state index < -0.39 is 6.17 Å². The summed E-state index contributed by atoms with van der Waals surface area (Å²) < 4.78 is 11.6. The van der Waals surface area contributed by atoms with Crippen LogP contribution in [0, 0.1) is 0 Å². The quantitative estimate of drug-likeness (QED) is 0.187. The van der Waals surface area contributed by atoms with Gasteiger partial charge in [-0.15, -0.1) is 0 Å². The van der Waals surface area contributed by atoms with E-state index in [1.807, 2.05) is 60.7 Å². The van der Waals surface area contributed by atoms with Crippen molar-refractivity contribution >= 4 is 11.8 Å².